The first-order valence-corrected chi connectivity index (χ1v) is 18.5. The molecule has 3 aromatic rings. The monoisotopic (exact) mass is 742 g/mol. The molecule has 1 aliphatic carbocycles. The fourth-order valence-electron chi connectivity index (χ4n) is 6.50. The van der Waals surface area contributed by atoms with Gasteiger partial charge in [0.1, 0.15) is 17.6 Å². The van der Waals surface area contributed by atoms with Crippen LogP contribution in [0, 0.1) is 11.7 Å². The number of rotatable bonds is 11. The van der Waals surface area contributed by atoms with Crippen molar-refractivity contribution in [1.82, 2.24) is 30.1 Å². The number of benzene rings is 2. The average Bonchev–Trinajstić information content (AvgIpc) is 3.84. The van der Waals surface area contributed by atoms with Crippen molar-refractivity contribution < 1.29 is 32.3 Å². The predicted octanol–water partition coefficient (Wildman–Crippen LogP) is 3.16. The maximum absolute atomic E-state index is 13.6. The number of nitrogens with zero attached hydrogens (tertiary/aromatic N) is 3. The standard InChI is InChI=1S/C36H43FN6O6S.ClH/c1-22(30-10-9-29(18-24(30)6-5-23-3-4-23)50(48,49)41-27-13-15-42(2)16-14-27)39-36(47)33-19-28(44)21-43(33)34(45)20-38-35(46)32-11-7-25-17-26(37)8-12-31(25)40-32;/h5-12,17-18,22-23,27-28,33,41,44H,3-4,13-16,19-21H2,1-2H3,(H,38,46)(H,39,47);1H/b6-5+;/t22-,28+,33-;/m0./s1. The Balaban J connectivity index is 0.00000504. The van der Waals surface area contributed by atoms with E-state index in [4.69, 9.17) is 0 Å². The highest BCUT2D eigenvalue weighted by molar-refractivity contribution is 7.89. The Hall–Kier alpha value is -3.95. The van der Waals surface area contributed by atoms with E-state index in [2.05, 4.69) is 31.3 Å². The molecule has 51 heavy (non-hydrogen) atoms. The van der Waals surface area contributed by atoms with Gasteiger partial charge in [0.2, 0.25) is 21.8 Å². The summed E-state index contributed by atoms with van der Waals surface area (Å²) in [5.41, 5.74) is 1.85. The number of halogens is 2. The zero-order valence-electron chi connectivity index (χ0n) is 28.5. The van der Waals surface area contributed by atoms with Crippen LogP contribution in [0.15, 0.2) is 59.5 Å². The molecule has 3 atom stereocenters. The molecule has 0 spiro atoms. The number of sulfonamides is 1. The quantitative estimate of drug-likeness (QED) is 0.233. The number of carbonyl (C=O) groups is 3. The first-order valence-electron chi connectivity index (χ1n) is 17.0. The van der Waals surface area contributed by atoms with Crippen LogP contribution in [0.25, 0.3) is 17.0 Å². The van der Waals surface area contributed by atoms with Crippen molar-refractivity contribution in [3.63, 3.8) is 0 Å². The van der Waals surface area contributed by atoms with E-state index in [-0.39, 0.29) is 42.0 Å². The number of piperidine rings is 1. The van der Waals surface area contributed by atoms with E-state index in [1.165, 1.54) is 29.2 Å². The number of carbonyl (C=O) groups excluding carboxylic acids is 3. The van der Waals surface area contributed by atoms with E-state index in [9.17, 15) is 32.3 Å². The smallest absolute Gasteiger partial charge is 0.270 e. The number of hydrogen-bond donors (Lipinski definition) is 4. The second-order valence-electron chi connectivity index (χ2n) is 13.6. The third-order valence-corrected chi connectivity index (χ3v) is 11.1. The van der Waals surface area contributed by atoms with E-state index >= 15 is 0 Å². The van der Waals surface area contributed by atoms with E-state index in [1.807, 2.05) is 13.1 Å². The number of nitrogens with one attached hydrogen (secondary N) is 3. The second-order valence-corrected chi connectivity index (χ2v) is 15.3. The van der Waals surface area contributed by atoms with Crippen LogP contribution in [0.4, 0.5) is 4.39 Å². The number of hydrogen-bond acceptors (Lipinski definition) is 8. The van der Waals surface area contributed by atoms with Crippen LogP contribution in [-0.4, -0.2) is 97.4 Å². The van der Waals surface area contributed by atoms with Gasteiger partial charge in [0.05, 0.1) is 29.1 Å². The van der Waals surface area contributed by atoms with Crippen molar-refractivity contribution in [2.24, 2.45) is 5.92 Å². The molecule has 3 aliphatic rings. The van der Waals surface area contributed by atoms with Crippen LogP contribution in [0.5, 0.6) is 0 Å². The molecule has 1 saturated carbocycles. The molecule has 15 heteroatoms. The fraction of sp³-hybridized carbons (Fsp3) is 0.444. The molecule has 0 unspecified atom stereocenters. The van der Waals surface area contributed by atoms with Crippen LogP contribution in [0.1, 0.15) is 66.7 Å². The first kappa shape index (κ1) is 38.3. The third-order valence-electron chi connectivity index (χ3n) is 9.59. The molecule has 0 bridgehead atoms. The molecular weight excluding hydrogens is 699 g/mol. The topological polar surface area (TPSA) is 161 Å². The number of likely N-dealkylation sites (tertiary alicyclic amines) is 2. The van der Waals surface area contributed by atoms with Crippen molar-refractivity contribution in [2.75, 3.05) is 33.2 Å². The molecule has 12 nitrogen and oxygen atoms in total. The van der Waals surface area contributed by atoms with Gasteiger partial charge in [0.15, 0.2) is 0 Å². The molecule has 2 aliphatic heterocycles. The minimum absolute atomic E-state index is 0. The van der Waals surface area contributed by atoms with Crippen molar-refractivity contribution in [2.45, 2.75) is 68.2 Å². The van der Waals surface area contributed by atoms with Crippen LogP contribution in [0.2, 0.25) is 0 Å². The number of aromatic nitrogens is 1. The summed E-state index contributed by atoms with van der Waals surface area (Å²) < 4.78 is 43.1. The zero-order chi connectivity index (χ0) is 35.6. The van der Waals surface area contributed by atoms with Crippen molar-refractivity contribution in [3.05, 3.63) is 77.2 Å². The van der Waals surface area contributed by atoms with Gasteiger partial charge < -0.3 is 25.5 Å². The van der Waals surface area contributed by atoms with E-state index in [0.29, 0.717) is 27.9 Å². The average molecular weight is 743 g/mol. The summed E-state index contributed by atoms with van der Waals surface area (Å²) in [5.74, 6) is -1.63. The van der Waals surface area contributed by atoms with Gasteiger partial charge in [-0.2, -0.15) is 0 Å². The fourth-order valence-corrected chi connectivity index (χ4v) is 7.84. The molecule has 3 heterocycles. The molecule has 3 amide bonds. The zero-order valence-corrected chi connectivity index (χ0v) is 30.2. The maximum atomic E-state index is 13.6. The van der Waals surface area contributed by atoms with Crippen LogP contribution in [-0.2, 0) is 19.6 Å². The molecule has 3 fully saturated rings. The van der Waals surface area contributed by atoms with Crippen LogP contribution in [0.3, 0.4) is 0 Å². The van der Waals surface area contributed by atoms with Gasteiger partial charge in [-0.3, -0.25) is 14.4 Å². The van der Waals surface area contributed by atoms with Gasteiger partial charge in [-0.05, 0) is 106 Å². The number of amides is 3. The lowest BCUT2D eigenvalue weighted by Gasteiger charge is -2.29. The Kier molecular flexibility index (Phi) is 12.1. The number of allylic oxidation sites excluding steroid dienone is 1. The summed E-state index contributed by atoms with van der Waals surface area (Å²) >= 11 is 0. The maximum Gasteiger partial charge on any atom is 0.270 e. The summed E-state index contributed by atoms with van der Waals surface area (Å²) in [4.78, 5) is 47.4. The number of β-amino-alcohol motifs (C(OH)–C–C–N with tert-alkyl or cyclic N) is 1. The SMILES string of the molecule is C[C@H](NC(=O)[C@@H]1C[C@@H](O)CN1C(=O)CNC(=O)c1ccc2cc(F)ccc2n1)c1ccc(S(=O)(=O)NC2CCN(C)CC2)cc1/C=C/C1CC1.Cl. The second kappa shape index (κ2) is 16.2. The summed E-state index contributed by atoms with van der Waals surface area (Å²) in [6.07, 6.45) is 6.67. The first-order chi connectivity index (χ1) is 23.9. The van der Waals surface area contributed by atoms with Gasteiger partial charge in [-0.25, -0.2) is 22.5 Å². The largest absolute Gasteiger partial charge is 0.391 e. The summed E-state index contributed by atoms with van der Waals surface area (Å²) in [6.45, 7) is 2.93. The third kappa shape index (κ3) is 9.49. The summed E-state index contributed by atoms with van der Waals surface area (Å²) in [6, 6.07) is 10.2. The minimum atomic E-state index is -3.77. The van der Waals surface area contributed by atoms with Crippen LogP contribution >= 0.6 is 12.4 Å². The molecular formula is C36H44ClFN6O6S. The van der Waals surface area contributed by atoms with Gasteiger partial charge in [0, 0.05) is 24.4 Å². The highest BCUT2D eigenvalue weighted by Gasteiger charge is 2.39. The summed E-state index contributed by atoms with van der Waals surface area (Å²) in [5, 5.41) is 16.4. The van der Waals surface area contributed by atoms with E-state index in [1.54, 1.807) is 31.2 Å². The van der Waals surface area contributed by atoms with Gasteiger partial charge in [-0.15, -0.1) is 12.4 Å². The highest BCUT2D eigenvalue weighted by Crippen LogP contribution is 2.32. The number of fused-ring (bicyclic) bond motifs is 1. The minimum Gasteiger partial charge on any atom is -0.391 e. The Morgan fingerprint density at radius 3 is 2.53 bits per heavy atom. The van der Waals surface area contributed by atoms with Gasteiger partial charge in [0.25, 0.3) is 5.91 Å². The Bertz CT molecular complexity index is 1920. The van der Waals surface area contributed by atoms with Crippen molar-refractivity contribution >= 4 is 57.1 Å². The van der Waals surface area contributed by atoms with Crippen molar-refractivity contribution in [1.29, 1.82) is 0 Å². The lowest BCUT2D eigenvalue weighted by Crippen LogP contribution is -2.49. The lowest BCUT2D eigenvalue weighted by atomic mass is 10.00. The number of aliphatic hydroxyl groups is 1. The molecule has 6 rings (SSSR count). The van der Waals surface area contributed by atoms with E-state index < -0.39 is 58.3 Å². The van der Waals surface area contributed by atoms with E-state index in [0.717, 1.165) is 38.8 Å². The lowest BCUT2D eigenvalue weighted by molar-refractivity contribution is -0.138. The molecule has 2 saturated heterocycles. The number of aliphatic hydroxyl groups excluding tert-OH is 1. The highest BCUT2D eigenvalue weighted by atomic mass is 35.5. The predicted molar refractivity (Wildman–Crippen MR) is 193 cm³/mol. The Labute approximate surface area is 303 Å². The normalized spacial score (nSPS) is 20.7. The molecule has 4 N–H and O–H groups in total. The number of pyridine rings is 1. The Morgan fingerprint density at radius 1 is 1.06 bits per heavy atom. The van der Waals surface area contributed by atoms with Gasteiger partial charge in [-0.1, -0.05) is 24.3 Å². The molecule has 1 aromatic heterocycles. The van der Waals surface area contributed by atoms with Crippen LogP contribution < -0.4 is 15.4 Å². The summed E-state index contributed by atoms with van der Waals surface area (Å²) in [7, 11) is -1.76. The molecule has 274 valence electrons. The molecule has 2 aromatic carbocycles. The van der Waals surface area contributed by atoms with Gasteiger partial charge >= 0.3 is 0 Å². The Morgan fingerprint density at radius 2 is 1.80 bits per heavy atom. The van der Waals surface area contributed by atoms with Crippen molar-refractivity contribution in [3.8, 4) is 0 Å². The molecule has 0 radical (unpaired) electrons.